The summed E-state index contributed by atoms with van der Waals surface area (Å²) in [5.74, 6) is 0. The van der Waals surface area contributed by atoms with Gasteiger partial charge in [-0.1, -0.05) is 0 Å². The van der Waals surface area contributed by atoms with E-state index in [2.05, 4.69) is 21.1 Å². The van der Waals surface area contributed by atoms with E-state index in [1.807, 2.05) is 0 Å². The Bertz CT molecular complexity index is 85.2. The van der Waals surface area contributed by atoms with E-state index in [0.717, 1.165) is 6.04 Å². The second kappa shape index (κ2) is 2.30. The lowest BCUT2D eigenvalue weighted by Gasteiger charge is -2.31. The van der Waals surface area contributed by atoms with Crippen LogP contribution in [0.2, 0.25) is 0 Å². The fourth-order valence-corrected chi connectivity index (χ4v) is 1.68. The molecular formula is C8H18N+. The summed E-state index contributed by atoms with van der Waals surface area (Å²) in [6.45, 7) is 0. The monoisotopic (exact) mass is 128 g/mol. The molecule has 0 aromatic heterocycles. The van der Waals surface area contributed by atoms with E-state index in [-0.39, 0.29) is 0 Å². The zero-order valence-corrected chi connectivity index (χ0v) is 6.85. The molecule has 9 heavy (non-hydrogen) atoms. The van der Waals surface area contributed by atoms with Crippen molar-refractivity contribution >= 4 is 0 Å². The third-order valence-corrected chi connectivity index (χ3v) is 2.42. The summed E-state index contributed by atoms with van der Waals surface area (Å²) in [4.78, 5) is 0. The van der Waals surface area contributed by atoms with Crippen LogP contribution in [-0.4, -0.2) is 31.7 Å². The molecule has 0 saturated heterocycles. The largest absolute Gasteiger partial charge is 0.328 e. The summed E-state index contributed by atoms with van der Waals surface area (Å²) in [6, 6.07) is 0.949. The molecule has 1 heteroatoms. The van der Waals surface area contributed by atoms with E-state index in [1.165, 1.54) is 30.2 Å². The lowest BCUT2D eigenvalue weighted by Crippen LogP contribution is -2.43. The van der Waals surface area contributed by atoms with Gasteiger partial charge in [-0.2, -0.15) is 0 Å². The molecule has 1 saturated carbocycles. The first-order valence-electron chi connectivity index (χ1n) is 3.92. The van der Waals surface area contributed by atoms with Gasteiger partial charge in [0.05, 0.1) is 27.2 Å². The van der Waals surface area contributed by atoms with Crippen molar-refractivity contribution in [2.24, 2.45) is 0 Å². The van der Waals surface area contributed by atoms with Crippen molar-refractivity contribution in [1.82, 2.24) is 0 Å². The third kappa shape index (κ3) is 1.68. The summed E-state index contributed by atoms with van der Waals surface area (Å²) in [6.07, 6.45) is 5.81. The van der Waals surface area contributed by atoms with E-state index in [1.54, 1.807) is 0 Å². The molecule has 0 atom stereocenters. The molecule has 1 nitrogen and oxygen atoms in total. The predicted octanol–water partition coefficient (Wildman–Crippen LogP) is 1.64. The van der Waals surface area contributed by atoms with Crippen LogP contribution in [0.5, 0.6) is 0 Å². The maximum absolute atomic E-state index is 2.30. The van der Waals surface area contributed by atoms with Gasteiger partial charge in [0.25, 0.3) is 0 Å². The van der Waals surface area contributed by atoms with Crippen LogP contribution in [0.25, 0.3) is 0 Å². The van der Waals surface area contributed by atoms with Crippen molar-refractivity contribution in [3.8, 4) is 0 Å². The van der Waals surface area contributed by atoms with Crippen LogP contribution in [0.4, 0.5) is 0 Å². The summed E-state index contributed by atoms with van der Waals surface area (Å²) in [5.41, 5.74) is 0. The van der Waals surface area contributed by atoms with E-state index < -0.39 is 0 Å². The van der Waals surface area contributed by atoms with E-state index in [9.17, 15) is 0 Å². The van der Waals surface area contributed by atoms with Gasteiger partial charge in [-0.15, -0.1) is 0 Å². The molecular weight excluding hydrogens is 110 g/mol. The SMILES string of the molecule is C[N+](C)(C)C1CCCC1. The van der Waals surface area contributed by atoms with Crippen molar-refractivity contribution in [2.45, 2.75) is 31.7 Å². The Morgan fingerprint density at radius 1 is 1.00 bits per heavy atom. The molecule has 0 amide bonds. The van der Waals surface area contributed by atoms with Crippen LogP contribution >= 0.6 is 0 Å². The summed E-state index contributed by atoms with van der Waals surface area (Å²) >= 11 is 0. The number of quaternary nitrogens is 1. The number of hydrogen-bond donors (Lipinski definition) is 0. The van der Waals surface area contributed by atoms with Crippen LogP contribution < -0.4 is 0 Å². The van der Waals surface area contributed by atoms with Crippen molar-refractivity contribution in [2.75, 3.05) is 21.1 Å². The van der Waals surface area contributed by atoms with Gasteiger partial charge in [0.15, 0.2) is 0 Å². The van der Waals surface area contributed by atoms with Crippen LogP contribution in [0, 0.1) is 0 Å². The highest BCUT2D eigenvalue weighted by atomic mass is 15.3. The molecule has 0 spiro atoms. The van der Waals surface area contributed by atoms with Crippen molar-refractivity contribution in [3.05, 3.63) is 0 Å². The first-order valence-corrected chi connectivity index (χ1v) is 3.92. The van der Waals surface area contributed by atoms with Gasteiger partial charge in [-0.25, -0.2) is 0 Å². The zero-order chi connectivity index (χ0) is 6.91. The molecule has 0 aromatic rings. The van der Waals surface area contributed by atoms with Gasteiger partial charge in [-0.05, 0) is 25.7 Å². The van der Waals surface area contributed by atoms with Crippen LogP contribution in [0.1, 0.15) is 25.7 Å². The highest BCUT2D eigenvalue weighted by molar-refractivity contribution is 4.66. The fourth-order valence-electron chi connectivity index (χ4n) is 1.68. The van der Waals surface area contributed by atoms with Crippen molar-refractivity contribution in [1.29, 1.82) is 0 Å². The Kier molecular flexibility index (Phi) is 1.80. The van der Waals surface area contributed by atoms with E-state index in [4.69, 9.17) is 0 Å². The van der Waals surface area contributed by atoms with Gasteiger partial charge in [-0.3, -0.25) is 0 Å². The minimum absolute atomic E-state index is 0.949. The molecule has 1 fully saturated rings. The van der Waals surface area contributed by atoms with Gasteiger partial charge in [0.2, 0.25) is 0 Å². The van der Waals surface area contributed by atoms with Gasteiger partial charge >= 0.3 is 0 Å². The van der Waals surface area contributed by atoms with Gasteiger partial charge < -0.3 is 4.48 Å². The highest BCUT2D eigenvalue weighted by Crippen LogP contribution is 2.24. The van der Waals surface area contributed by atoms with Gasteiger partial charge in [0, 0.05) is 0 Å². The molecule has 1 aliphatic rings. The highest BCUT2D eigenvalue weighted by Gasteiger charge is 2.26. The Hall–Kier alpha value is -0.0400. The molecule has 1 rings (SSSR count). The first kappa shape index (κ1) is 7.07. The minimum atomic E-state index is 0.949. The fraction of sp³-hybridized carbons (Fsp3) is 1.00. The summed E-state index contributed by atoms with van der Waals surface area (Å²) in [7, 11) is 6.90. The molecule has 54 valence electrons. The molecule has 0 radical (unpaired) electrons. The topological polar surface area (TPSA) is 0 Å². The van der Waals surface area contributed by atoms with Crippen molar-refractivity contribution in [3.63, 3.8) is 0 Å². The Morgan fingerprint density at radius 2 is 1.44 bits per heavy atom. The molecule has 0 aliphatic heterocycles. The Labute approximate surface area is 58.3 Å². The lowest BCUT2D eigenvalue weighted by atomic mass is 10.2. The summed E-state index contributed by atoms with van der Waals surface area (Å²) < 4.78 is 1.17. The number of rotatable bonds is 1. The number of nitrogens with zero attached hydrogens (tertiary/aromatic N) is 1. The smallest absolute Gasteiger partial charge is 0.0884 e. The quantitative estimate of drug-likeness (QED) is 0.471. The molecule has 0 N–H and O–H groups in total. The second-order valence-electron chi connectivity index (χ2n) is 4.05. The average molecular weight is 128 g/mol. The lowest BCUT2D eigenvalue weighted by molar-refractivity contribution is -0.895. The molecule has 1 aliphatic carbocycles. The molecule has 0 aromatic carbocycles. The molecule has 0 unspecified atom stereocenters. The number of hydrogen-bond acceptors (Lipinski definition) is 0. The Morgan fingerprint density at radius 3 is 1.67 bits per heavy atom. The van der Waals surface area contributed by atoms with Crippen LogP contribution in [0.3, 0.4) is 0 Å². The zero-order valence-electron chi connectivity index (χ0n) is 6.85. The van der Waals surface area contributed by atoms with Crippen LogP contribution in [-0.2, 0) is 0 Å². The first-order chi connectivity index (χ1) is 4.11. The molecule has 0 bridgehead atoms. The normalized spacial score (nSPS) is 23.0. The van der Waals surface area contributed by atoms with Gasteiger partial charge in [0.1, 0.15) is 0 Å². The summed E-state index contributed by atoms with van der Waals surface area (Å²) in [5, 5.41) is 0. The van der Waals surface area contributed by atoms with Crippen molar-refractivity contribution < 1.29 is 4.48 Å². The predicted molar refractivity (Wildman–Crippen MR) is 40.3 cm³/mol. The maximum Gasteiger partial charge on any atom is 0.0884 e. The standard InChI is InChI=1S/C8H18N/c1-9(2,3)8-6-4-5-7-8/h8H,4-7H2,1-3H3/q+1. The van der Waals surface area contributed by atoms with E-state index >= 15 is 0 Å². The average Bonchev–Trinajstić information content (AvgIpc) is 2.08. The minimum Gasteiger partial charge on any atom is -0.328 e. The van der Waals surface area contributed by atoms with Crippen LogP contribution in [0.15, 0.2) is 0 Å². The molecule has 0 heterocycles. The Balaban J connectivity index is 2.42. The maximum atomic E-state index is 2.30. The second-order valence-corrected chi connectivity index (χ2v) is 4.05. The van der Waals surface area contributed by atoms with E-state index in [0.29, 0.717) is 0 Å². The third-order valence-electron chi connectivity index (χ3n) is 2.42.